The Morgan fingerprint density at radius 2 is 2.20 bits per heavy atom. The molecule has 2 unspecified atom stereocenters. The molecule has 3 nitrogen and oxygen atoms in total. The van der Waals surface area contributed by atoms with Gasteiger partial charge in [0, 0.05) is 25.8 Å². The van der Waals surface area contributed by atoms with Gasteiger partial charge in [0.05, 0.1) is 11.0 Å². The van der Waals surface area contributed by atoms with Gasteiger partial charge in [0.1, 0.15) is 0 Å². The number of hydrogen-bond acceptors (Lipinski definition) is 2. The Balaban J connectivity index is 1.91. The summed E-state index contributed by atoms with van der Waals surface area (Å²) in [4.78, 5) is 13.5. The summed E-state index contributed by atoms with van der Waals surface area (Å²) in [5.41, 5.74) is 3.03. The lowest BCUT2D eigenvalue weighted by atomic mass is 9.90. The molecule has 0 spiro atoms. The summed E-state index contributed by atoms with van der Waals surface area (Å²) in [7, 11) is 1.83. The third-order valence-electron chi connectivity index (χ3n) is 4.53. The number of fused-ring (bicyclic) bond motifs is 1. The van der Waals surface area contributed by atoms with Crippen LogP contribution in [-0.2, 0) is 16.0 Å². The third-order valence-corrected chi connectivity index (χ3v) is 5.24. The van der Waals surface area contributed by atoms with Gasteiger partial charge in [-0.2, -0.15) is 0 Å². The highest BCUT2D eigenvalue weighted by Gasteiger charge is 2.38. The zero-order valence-corrected chi connectivity index (χ0v) is 12.7. The second-order valence-corrected chi connectivity index (χ2v) is 6.40. The lowest BCUT2D eigenvalue weighted by Crippen LogP contribution is -2.32. The maximum atomic E-state index is 11.7. The standard InChI is InChI=1S/C16H20ClNO2/c1-16(8-3-9-20-16)15(17)12-4-6-13-11(10-12)5-7-14(19)18(13)2/h4,6,10,15H,3,5,7-9H2,1-2H3. The van der Waals surface area contributed by atoms with Crippen molar-refractivity contribution >= 4 is 23.2 Å². The molecule has 108 valence electrons. The highest BCUT2D eigenvalue weighted by molar-refractivity contribution is 6.21. The van der Waals surface area contributed by atoms with Gasteiger partial charge in [-0.25, -0.2) is 0 Å². The van der Waals surface area contributed by atoms with Crippen LogP contribution in [0.2, 0.25) is 0 Å². The molecule has 0 aliphatic carbocycles. The number of carbonyl (C=O) groups excluding carboxylic acids is 1. The monoisotopic (exact) mass is 293 g/mol. The van der Waals surface area contributed by atoms with E-state index in [0.717, 1.165) is 37.1 Å². The minimum atomic E-state index is -0.272. The molecule has 3 rings (SSSR count). The van der Waals surface area contributed by atoms with Gasteiger partial charge in [0.15, 0.2) is 0 Å². The first-order chi connectivity index (χ1) is 9.51. The average Bonchev–Trinajstić information content (AvgIpc) is 2.90. The number of amides is 1. The molecule has 1 aromatic carbocycles. The van der Waals surface area contributed by atoms with Crippen LogP contribution < -0.4 is 4.90 Å². The number of anilines is 1. The fourth-order valence-electron chi connectivity index (χ4n) is 3.19. The highest BCUT2D eigenvalue weighted by Crippen LogP contribution is 2.43. The Kier molecular flexibility index (Phi) is 3.51. The zero-order chi connectivity index (χ0) is 14.3. The minimum Gasteiger partial charge on any atom is -0.373 e. The maximum Gasteiger partial charge on any atom is 0.227 e. The van der Waals surface area contributed by atoms with Crippen LogP contribution in [0.15, 0.2) is 18.2 Å². The van der Waals surface area contributed by atoms with Crippen LogP contribution >= 0.6 is 11.6 Å². The van der Waals surface area contributed by atoms with Gasteiger partial charge in [0.2, 0.25) is 5.91 Å². The van der Waals surface area contributed by atoms with Crippen molar-refractivity contribution < 1.29 is 9.53 Å². The topological polar surface area (TPSA) is 29.5 Å². The molecule has 2 aliphatic heterocycles. The van der Waals surface area contributed by atoms with Crippen LogP contribution in [0.1, 0.15) is 42.7 Å². The molecule has 20 heavy (non-hydrogen) atoms. The average molecular weight is 294 g/mol. The van der Waals surface area contributed by atoms with E-state index in [0.29, 0.717) is 6.42 Å². The molecule has 1 fully saturated rings. The van der Waals surface area contributed by atoms with E-state index in [2.05, 4.69) is 13.0 Å². The van der Waals surface area contributed by atoms with Gasteiger partial charge in [-0.05, 0) is 43.4 Å². The predicted octanol–water partition coefficient (Wildman–Crippen LogP) is 3.44. The van der Waals surface area contributed by atoms with E-state index in [1.165, 1.54) is 5.56 Å². The van der Waals surface area contributed by atoms with E-state index < -0.39 is 0 Å². The molecule has 0 bridgehead atoms. The van der Waals surface area contributed by atoms with Crippen molar-refractivity contribution in [3.05, 3.63) is 29.3 Å². The molecule has 1 aromatic rings. The van der Waals surface area contributed by atoms with Crippen LogP contribution in [-0.4, -0.2) is 25.2 Å². The second kappa shape index (κ2) is 5.05. The second-order valence-electron chi connectivity index (χ2n) is 5.97. The molecular weight excluding hydrogens is 274 g/mol. The molecule has 0 aromatic heterocycles. The Bertz CT molecular complexity index is 537. The lowest BCUT2D eigenvalue weighted by molar-refractivity contribution is -0.118. The summed E-state index contributed by atoms with van der Waals surface area (Å²) in [6.07, 6.45) is 3.44. The number of alkyl halides is 1. The number of aryl methyl sites for hydroxylation is 1. The molecule has 0 radical (unpaired) electrons. The number of halogens is 1. The normalized spacial score (nSPS) is 27.6. The maximum absolute atomic E-state index is 11.7. The number of rotatable bonds is 2. The van der Waals surface area contributed by atoms with Gasteiger partial charge in [0.25, 0.3) is 0 Å². The van der Waals surface area contributed by atoms with E-state index >= 15 is 0 Å². The van der Waals surface area contributed by atoms with Gasteiger partial charge in [-0.15, -0.1) is 11.6 Å². The van der Waals surface area contributed by atoms with Crippen molar-refractivity contribution in [2.45, 2.75) is 43.6 Å². The van der Waals surface area contributed by atoms with Crippen molar-refractivity contribution in [1.29, 1.82) is 0 Å². The van der Waals surface area contributed by atoms with Crippen LogP contribution in [0.4, 0.5) is 5.69 Å². The smallest absolute Gasteiger partial charge is 0.227 e. The number of hydrogen-bond donors (Lipinski definition) is 0. The lowest BCUT2D eigenvalue weighted by Gasteiger charge is -2.31. The van der Waals surface area contributed by atoms with Gasteiger partial charge in [-0.3, -0.25) is 4.79 Å². The van der Waals surface area contributed by atoms with Crippen molar-refractivity contribution in [1.82, 2.24) is 0 Å². The molecule has 1 amide bonds. The minimum absolute atomic E-state index is 0.141. The molecule has 2 aliphatic rings. The number of benzene rings is 1. The molecule has 2 atom stereocenters. The van der Waals surface area contributed by atoms with E-state index in [9.17, 15) is 4.79 Å². The molecule has 1 saturated heterocycles. The summed E-state index contributed by atoms with van der Waals surface area (Å²) < 4.78 is 5.84. The Morgan fingerprint density at radius 3 is 2.90 bits per heavy atom. The number of nitrogens with zero attached hydrogens (tertiary/aromatic N) is 1. The van der Waals surface area contributed by atoms with E-state index in [-0.39, 0.29) is 16.9 Å². The first-order valence-corrected chi connectivity index (χ1v) is 7.62. The number of ether oxygens (including phenoxy) is 1. The third kappa shape index (κ3) is 2.23. The first kappa shape index (κ1) is 13.9. The van der Waals surface area contributed by atoms with Crippen LogP contribution in [0.25, 0.3) is 0 Å². The van der Waals surface area contributed by atoms with Crippen molar-refractivity contribution in [2.24, 2.45) is 0 Å². The van der Waals surface area contributed by atoms with Crippen LogP contribution in [0.5, 0.6) is 0 Å². The van der Waals surface area contributed by atoms with Crippen molar-refractivity contribution in [3.8, 4) is 0 Å². The Hall–Kier alpha value is -1.06. The fourth-order valence-corrected chi connectivity index (χ4v) is 3.50. The Labute approximate surface area is 124 Å². The first-order valence-electron chi connectivity index (χ1n) is 7.19. The van der Waals surface area contributed by atoms with Gasteiger partial charge >= 0.3 is 0 Å². The molecule has 0 N–H and O–H groups in total. The quantitative estimate of drug-likeness (QED) is 0.782. The zero-order valence-electron chi connectivity index (χ0n) is 12.0. The molecule has 4 heteroatoms. The van der Waals surface area contributed by atoms with Crippen molar-refractivity contribution in [2.75, 3.05) is 18.6 Å². The molecule has 0 saturated carbocycles. The highest BCUT2D eigenvalue weighted by atomic mass is 35.5. The van der Waals surface area contributed by atoms with Crippen molar-refractivity contribution in [3.63, 3.8) is 0 Å². The van der Waals surface area contributed by atoms with E-state index in [1.54, 1.807) is 4.90 Å². The number of carbonyl (C=O) groups is 1. The largest absolute Gasteiger partial charge is 0.373 e. The van der Waals surface area contributed by atoms with E-state index in [1.807, 2.05) is 19.2 Å². The SMILES string of the molecule is CN1C(=O)CCc2cc(C(Cl)C3(C)CCCO3)ccc21. The molecular formula is C16H20ClNO2. The van der Waals surface area contributed by atoms with Crippen LogP contribution in [0.3, 0.4) is 0 Å². The summed E-state index contributed by atoms with van der Waals surface area (Å²) in [6, 6.07) is 6.18. The van der Waals surface area contributed by atoms with E-state index in [4.69, 9.17) is 16.3 Å². The van der Waals surface area contributed by atoms with Crippen LogP contribution in [0, 0.1) is 0 Å². The summed E-state index contributed by atoms with van der Waals surface area (Å²) >= 11 is 6.66. The fraction of sp³-hybridized carbons (Fsp3) is 0.562. The Morgan fingerprint density at radius 1 is 1.40 bits per heavy atom. The summed E-state index contributed by atoms with van der Waals surface area (Å²) in [5.74, 6) is 0.179. The van der Waals surface area contributed by atoms with Gasteiger partial charge < -0.3 is 9.64 Å². The molecule has 2 heterocycles. The predicted molar refractivity (Wildman–Crippen MR) is 80.4 cm³/mol. The van der Waals surface area contributed by atoms with Gasteiger partial charge in [-0.1, -0.05) is 12.1 Å². The summed E-state index contributed by atoms with van der Waals surface area (Å²) in [6.45, 7) is 2.88. The summed E-state index contributed by atoms with van der Waals surface area (Å²) in [5, 5.41) is -0.141.